The van der Waals surface area contributed by atoms with Gasteiger partial charge in [0, 0.05) is 6.42 Å². The lowest BCUT2D eigenvalue weighted by Crippen LogP contribution is -2.45. The van der Waals surface area contributed by atoms with Gasteiger partial charge < -0.3 is 15.2 Å². The highest BCUT2D eigenvalue weighted by atomic mass is 16.6. The van der Waals surface area contributed by atoms with Gasteiger partial charge in [-0.25, -0.2) is 9.59 Å². The van der Waals surface area contributed by atoms with Gasteiger partial charge in [-0.2, -0.15) is 10.2 Å². The van der Waals surface area contributed by atoms with Crippen molar-refractivity contribution >= 4 is 12.1 Å². The van der Waals surface area contributed by atoms with Crippen LogP contribution in [0.2, 0.25) is 0 Å². The second-order valence-corrected chi connectivity index (χ2v) is 5.16. The minimum Gasteiger partial charge on any atom is -0.480 e. The Bertz CT molecular complexity index is 353. The van der Waals surface area contributed by atoms with Crippen LogP contribution < -0.4 is 5.32 Å². The van der Waals surface area contributed by atoms with Crippen molar-refractivity contribution in [1.82, 2.24) is 5.32 Å². The number of aliphatic carboxylic acids is 1. The first-order valence-electron chi connectivity index (χ1n) is 5.28. The Kier molecular flexibility index (Phi) is 3.40. The van der Waals surface area contributed by atoms with Crippen LogP contribution in [0.25, 0.3) is 0 Å². The third kappa shape index (κ3) is 4.80. The van der Waals surface area contributed by atoms with Crippen molar-refractivity contribution in [1.29, 1.82) is 0 Å². The fraction of sp³-hybridized carbons (Fsp3) is 0.800. The van der Waals surface area contributed by atoms with Crippen LogP contribution in [0.4, 0.5) is 4.79 Å². The fourth-order valence-electron chi connectivity index (χ4n) is 1.20. The van der Waals surface area contributed by atoms with E-state index < -0.39 is 29.4 Å². The van der Waals surface area contributed by atoms with Crippen LogP contribution in [0.3, 0.4) is 0 Å². The maximum atomic E-state index is 11.4. The number of ether oxygens (including phenoxy) is 1. The van der Waals surface area contributed by atoms with E-state index in [1.807, 2.05) is 0 Å². The second-order valence-electron chi connectivity index (χ2n) is 5.16. The van der Waals surface area contributed by atoms with Crippen molar-refractivity contribution in [2.75, 3.05) is 0 Å². The number of amides is 1. The molecule has 0 unspecified atom stereocenters. The summed E-state index contributed by atoms with van der Waals surface area (Å²) >= 11 is 0. The molecule has 0 fully saturated rings. The van der Waals surface area contributed by atoms with Gasteiger partial charge in [0.15, 0.2) is 5.66 Å². The van der Waals surface area contributed by atoms with E-state index in [4.69, 9.17) is 9.84 Å². The van der Waals surface area contributed by atoms with Crippen molar-refractivity contribution < 1.29 is 19.4 Å². The number of carboxylic acids is 1. The number of carboxylic acid groups (broad SMARTS) is 1. The largest absolute Gasteiger partial charge is 0.480 e. The van der Waals surface area contributed by atoms with E-state index in [2.05, 4.69) is 15.5 Å². The monoisotopic (exact) mass is 243 g/mol. The smallest absolute Gasteiger partial charge is 0.408 e. The predicted molar refractivity (Wildman–Crippen MR) is 58.7 cm³/mol. The molecule has 2 N–H and O–H groups in total. The van der Waals surface area contributed by atoms with Crippen molar-refractivity contribution in [3.8, 4) is 0 Å². The summed E-state index contributed by atoms with van der Waals surface area (Å²) in [5.41, 5.74) is -1.34. The highest BCUT2D eigenvalue weighted by Gasteiger charge is 2.40. The first kappa shape index (κ1) is 13.4. The van der Waals surface area contributed by atoms with Gasteiger partial charge in [0.1, 0.15) is 11.6 Å². The molecule has 1 aliphatic rings. The number of hydrogen-bond acceptors (Lipinski definition) is 5. The molecule has 0 aromatic carbocycles. The third-order valence-electron chi connectivity index (χ3n) is 2.02. The maximum Gasteiger partial charge on any atom is 0.408 e. The third-order valence-corrected chi connectivity index (χ3v) is 2.02. The maximum absolute atomic E-state index is 11.4. The number of hydrogen-bond donors (Lipinski definition) is 2. The Morgan fingerprint density at radius 1 is 1.41 bits per heavy atom. The van der Waals surface area contributed by atoms with Crippen LogP contribution in [0.15, 0.2) is 10.2 Å². The van der Waals surface area contributed by atoms with Gasteiger partial charge in [-0.15, -0.1) is 0 Å². The van der Waals surface area contributed by atoms with Crippen LogP contribution in [-0.2, 0) is 9.53 Å². The molecule has 1 atom stereocenters. The molecule has 7 nitrogen and oxygen atoms in total. The molecule has 7 heteroatoms. The van der Waals surface area contributed by atoms with E-state index in [0.717, 1.165) is 0 Å². The summed E-state index contributed by atoms with van der Waals surface area (Å²) in [6, 6.07) is -1.05. The fourth-order valence-corrected chi connectivity index (χ4v) is 1.20. The molecule has 0 aromatic rings. The number of rotatable bonds is 4. The van der Waals surface area contributed by atoms with Crippen molar-refractivity contribution in [3.63, 3.8) is 0 Å². The highest BCUT2D eigenvalue weighted by molar-refractivity contribution is 5.80. The Hall–Kier alpha value is -1.66. The van der Waals surface area contributed by atoms with E-state index in [0.29, 0.717) is 0 Å². The van der Waals surface area contributed by atoms with Gasteiger partial charge in [0.2, 0.25) is 0 Å². The number of nitrogens with zero attached hydrogens (tertiary/aromatic N) is 2. The standard InChI is InChI=1S/C10H17N3O4/c1-9(2,3)17-8(16)11-6(7(14)15)5-10(4)12-13-10/h6H,5H2,1-4H3,(H,11,16)(H,14,15)/t6-/m0/s1. The van der Waals surface area contributed by atoms with Gasteiger partial charge in [-0.3, -0.25) is 0 Å². The number of nitrogens with one attached hydrogen (secondary N) is 1. The molecule has 1 aliphatic heterocycles. The van der Waals surface area contributed by atoms with E-state index in [-0.39, 0.29) is 6.42 Å². The molecule has 0 aromatic heterocycles. The normalized spacial score (nSPS) is 18.4. The molecule has 0 bridgehead atoms. The zero-order valence-electron chi connectivity index (χ0n) is 10.4. The summed E-state index contributed by atoms with van der Waals surface area (Å²) in [6.45, 7) is 6.80. The lowest BCUT2D eigenvalue weighted by Gasteiger charge is -2.22. The molecule has 17 heavy (non-hydrogen) atoms. The summed E-state index contributed by atoms with van der Waals surface area (Å²) in [7, 11) is 0. The van der Waals surface area contributed by atoms with Gasteiger partial charge in [-0.05, 0) is 27.7 Å². The molecule has 0 saturated heterocycles. The lowest BCUT2D eigenvalue weighted by atomic mass is 10.1. The van der Waals surface area contributed by atoms with Crippen LogP contribution in [0.1, 0.15) is 34.1 Å². The summed E-state index contributed by atoms with van der Waals surface area (Å²) in [5, 5.41) is 18.7. The average Bonchev–Trinajstić information content (AvgIpc) is 2.78. The molecule has 1 rings (SSSR count). The van der Waals surface area contributed by atoms with E-state index in [1.54, 1.807) is 27.7 Å². The predicted octanol–water partition coefficient (Wildman–Crippen LogP) is 1.54. The minimum atomic E-state index is -1.13. The summed E-state index contributed by atoms with van der Waals surface area (Å²) in [6.07, 6.45) is -0.629. The van der Waals surface area contributed by atoms with Crippen molar-refractivity contribution in [2.45, 2.75) is 51.4 Å². The van der Waals surface area contributed by atoms with Crippen molar-refractivity contribution in [2.24, 2.45) is 10.2 Å². The minimum absolute atomic E-state index is 0.127. The first-order valence-corrected chi connectivity index (χ1v) is 5.28. The molecule has 0 radical (unpaired) electrons. The molecule has 0 aliphatic carbocycles. The number of alkyl carbamates (subject to hydrolysis) is 1. The zero-order chi connectivity index (χ0) is 13.3. The molecule has 96 valence electrons. The van der Waals surface area contributed by atoms with Crippen LogP contribution in [0.5, 0.6) is 0 Å². The molecule has 0 saturated carbocycles. The molecular formula is C10H17N3O4. The van der Waals surface area contributed by atoms with Gasteiger partial charge in [0.25, 0.3) is 0 Å². The number of carbonyl (C=O) groups is 2. The Morgan fingerprint density at radius 3 is 2.29 bits per heavy atom. The van der Waals surface area contributed by atoms with E-state index >= 15 is 0 Å². The molecule has 1 heterocycles. The van der Waals surface area contributed by atoms with Crippen LogP contribution in [0, 0.1) is 0 Å². The quantitative estimate of drug-likeness (QED) is 0.781. The molecular weight excluding hydrogens is 226 g/mol. The SMILES string of the molecule is CC1(C[C@H](NC(=O)OC(C)(C)C)C(=O)O)N=N1. The van der Waals surface area contributed by atoms with Crippen molar-refractivity contribution in [3.05, 3.63) is 0 Å². The average molecular weight is 243 g/mol. The molecule has 0 spiro atoms. The zero-order valence-corrected chi connectivity index (χ0v) is 10.4. The van der Waals surface area contributed by atoms with Gasteiger partial charge in [0.05, 0.1) is 0 Å². The summed E-state index contributed by atoms with van der Waals surface area (Å²) in [4.78, 5) is 22.4. The molecule has 1 amide bonds. The Balaban J connectivity index is 2.49. The van der Waals surface area contributed by atoms with E-state index in [9.17, 15) is 9.59 Å². The summed E-state index contributed by atoms with van der Waals surface area (Å²) < 4.78 is 4.98. The Morgan fingerprint density at radius 2 is 1.94 bits per heavy atom. The van der Waals surface area contributed by atoms with E-state index in [1.165, 1.54) is 0 Å². The topological polar surface area (TPSA) is 100 Å². The van der Waals surface area contributed by atoms with Gasteiger partial charge in [-0.1, -0.05) is 0 Å². The van der Waals surface area contributed by atoms with Crippen LogP contribution >= 0.6 is 0 Å². The van der Waals surface area contributed by atoms with Gasteiger partial charge >= 0.3 is 12.1 Å². The van der Waals surface area contributed by atoms with Crippen LogP contribution in [-0.4, -0.2) is 34.5 Å². The Labute approximate surface area is 99.2 Å². The second kappa shape index (κ2) is 4.31. The first-order chi connectivity index (χ1) is 7.61. The lowest BCUT2D eigenvalue weighted by molar-refractivity contribution is -0.139. The highest BCUT2D eigenvalue weighted by Crippen LogP contribution is 2.32. The number of carbonyl (C=O) groups excluding carboxylic acids is 1. The summed E-state index contributed by atoms with van der Waals surface area (Å²) in [5.74, 6) is -1.13.